The summed E-state index contributed by atoms with van der Waals surface area (Å²) in [5, 5.41) is -0.996. The Morgan fingerprint density at radius 1 is 1.24 bits per heavy atom. The molecule has 2 N–H and O–H groups in total. The Balaban J connectivity index is 2.43. The SMILES string of the molecule is CCS(=O)(=O)C1CSCCN1S(=O)(=O)c1ccc(N)cc1. The zero-order chi connectivity index (χ0) is 15.7. The Morgan fingerprint density at radius 2 is 1.86 bits per heavy atom. The molecule has 1 unspecified atom stereocenters. The van der Waals surface area contributed by atoms with E-state index in [2.05, 4.69) is 0 Å². The van der Waals surface area contributed by atoms with E-state index >= 15 is 0 Å². The minimum atomic E-state index is -3.84. The van der Waals surface area contributed by atoms with Crippen LogP contribution >= 0.6 is 11.8 Å². The summed E-state index contributed by atoms with van der Waals surface area (Å²) in [4.78, 5) is 0.0694. The molecule has 1 atom stereocenters. The molecule has 0 aromatic heterocycles. The second-order valence-electron chi connectivity index (χ2n) is 4.67. The molecule has 21 heavy (non-hydrogen) atoms. The van der Waals surface area contributed by atoms with Crippen molar-refractivity contribution in [2.75, 3.05) is 29.5 Å². The molecule has 9 heteroatoms. The number of sulfone groups is 1. The van der Waals surface area contributed by atoms with Crippen molar-refractivity contribution in [1.82, 2.24) is 4.31 Å². The van der Waals surface area contributed by atoms with E-state index in [0.29, 0.717) is 11.4 Å². The average molecular weight is 350 g/mol. The number of nitrogens with two attached hydrogens (primary N) is 1. The zero-order valence-electron chi connectivity index (χ0n) is 11.6. The molecule has 1 heterocycles. The van der Waals surface area contributed by atoms with E-state index in [1.54, 1.807) is 0 Å². The molecule has 1 aromatic rings. The van der Waals surface area contributed by atoms with Crippen LogP contribution in [0.4, 0.5) is 5.69 Å². The van der Waals surface area contributed by atoms with Crippen LogP contribution in [0, 0.1) is 0 Å². The van der Waals surface area contributed by atoms with Crippen LogP contribution in [0.1, 0.15) is 6.92 Å². The van der Waals surface area contributed by atoms with Gasteiger partial charge in [-0.05, 0) is 24.3 Å². The maximum atomic E-state index is 12.7. The van der Waals surface area contributed by atoms with Crippen LogP contribution in [0.3, 0.4) is 0 Å². The fourth-order valence-electron chi connectivity index (χ4n) is 2.09. The van der Waals surface area contributed by atoms with Gasteiger partial charge in [-0.1, -0.05) is 6.92 Å². The van der Waals surface area contributed by atoms with Crippen LogP contribution < -0.4 is 5.73 Å². The van der Waals surface area contributed by atoms with E-state index in [0.717, 1.165) is 4.31 Å². The van der Waals surface area contributed by atoms with Gasteiger partial charge in [-0.15, -0.1) is 0 Å². The molecule has 0 bridgehead atoms. The van der Waals surface area contributed by atoms with Gasteiger partial charge in [0.25, 0.3) is 0 Å². The predicted octanol–water partition coefficient (Wildman–Crippen LogP) is 0.767. The van der Waals surface area contributed by atoms with Crippen molar-refractivity contribution in [3.05, 3.63) is 24.3 Å². The van der Waals surface area contributed by atoms with Gasteiger partial charge in [0.15, 0.2) is 9.84 Å². The Labute approximate surface area is 129 Å². The fraction of sp³-hybridized carbons (Fsp3) is 0.500. The van der Waals surface area contributed by atoms with Crippen molar-refractivity contribution in [1.29, 1.82) is 0 Å². The number of thioether (sulfide) groups is 1. The lowest BCUT2D eigenvalue weighted by molar-refractivity contribution is 0.404. The topological polar surface area (TPSA) is 97.5 Å². The third kappa shape index (κ3) is 3.36. The van der Waals surface area contributed by atoms with Crippen LogP contribution in [0.2, 0.25) is 0 Å². The highest BCUT2D eigenvalue weighted by Crippen LogP contribution is 2.28. The average Bonchev–Trinajstić information content (AvgIpc) is 2.47. The number of sulfonamides is 1. The summed E-state index contributed by atoms with van der Waals surface area (Å²) in [5.41, 5.74) is 6.02. The molecule has 0 amide bonds. The first-order valence-corrected chi connectivity index (χ1v) is 10.8. The Kier molecular flexibility index (Phi) is 4.86. The van der Waals surface area contributed by atoms with Crippen molar-refractivity contribution in [2.45, 2.75) is 17.2 Å². The number of nitrogen functional groups attached to an aromatic ring is 1. The molecule has 118 valence electrons. The number of rotatable bonds is 4. The first-order chi connectivity index (χ1) is 9.79. The second-order valence-corrected chi connectivity index (χ2v) is 10.2. The Morgan fingerprint density at radius 3 is 2.43 bits per heavy atom. The standard InChI is InChI=1S/C12H18N2O4S3/c1-2-20(15,16)12-9-19-8-7-14(12)21(17,18)11-5-3-10(13)4-6-11/h3-6,12H,2,7-9,13H2,1H3. The van der Waals surface area contributed by atoms with Gasteiger partial charge in [0.05, 0.1) is 4.90 Å². The molecule has 6 nitrogen and oxygen atoms in total. The van der Waals surface area contributed by atoms with E-state index in [1.165, 1.54) is 43.0 Å². The smallest absolute Gasteiger partial charge is 0.244 e. The molecule has 2 rings (SSSR count). The molecule has 1 fully saturated rings. The molecule has 1 aliphatic heterocycles. The highest BCUT2D eigenvalue weighted by atomic mass is 32.2. The largest absolute Gasteiger partial charge is 0.399 e. The van der Waals surface area contributed by atoms with Crippen LogP contribution in [0.15, 0.2) is 29.2 Å². The third-order valence-electron chi connectivity index (χ3n) is 3.34. The third-order valence-corrected chi connectivity index (χ3v) is 8.69. The van der Waals surface area contributed by atoms with Gasteiger partial charge in [0.1, 0.15) is 5.37 Å². The van der Waals surface area contributed by atoms with E-state index in [9.17, 15) is 16.8 Å². The summed E-state index contributed by atoms with van der Waals surface area (Å²) in [6.07, 6.45) is 0. The lowest BCUT2D eigenvalue weighted by Gasteiger charge is -2.33. The van der Waals surface area contributed by atoms with Crippen LogP contribution in [0.5, 0.6) is 0 Å². The molecular formula is C12H18N2O4S3. The van der Waals surface area contributed by atoms with E-state index in [-0.39, 0.29) is 22.9 Å². The first kappa shape index (κ1) is 16.6. The number of hydrogen-bond acceptors (Lipinski definition) is 6. The zero-order valence-corrected chi connectivity index (χ0v) is 14.0. The predicted molar refractivity (Wildman–Crippen MR) is 85.3 cm³/mol. The molecule has 0 saturated carbocycles. The maximum absolute atomic E-state index is 12.7. The van der Waals surface area contributed by atoms with Crippen LogP contribution in [-0.2, 0) is 19.9 Å². The summed E-state index contributed by atoms with van der Waals surface area (Å²) in [7, 11) is -7.30. The number of nitrogens with zero attached hydrogens (tertiary/aromatic N) is 1. The Bertz CT molecular complexity index is 699. The molecular weight excluding hydrogens is 332 g/mol. The van der Waals surface area contributed by atoms with Gasteiger partial charge < -0.3 is 5.73 Å². The molecule has 0 spiro atoms. The fourth-order valence-corrected chi connectivity index (χ4v) is 7.34. The van der Waals surface area contributed by atoms with Crippen LogP contribution in [0.25, 0.3) is 0 Å². The van der Waals surface area contributed by atoms with Gasteiger partial charge in [-0.3, -0.25) is 0 Å². The van der Waals surface area contributed by atoms with Crippen molar-refractivity contribution in [2.24, 2.45) is 0 Å². The van der Waals surface area contributed by atoms with Crippen molar-refractivity contribution in [3.8, 4) is 0 Å². The quantitative estimate of drug-likeness (QED) is 0.806. The van der Waals surface area contributed by atoms with Gasteiger partial charge in [0.2, 0.25) is 10.0 Å². The number of hydrogen-bond donors (Lipinski definition) is 1. The van der Waals surface area contributed by atoms with Gasteiger partial charge in [-0.25, -0.2) is 16.8 Å². The normalized spacial score (nSPS) is 21.3. The van der Waals surface area contributed by atoms with Crippen LogP contribution in [-0.4, -0.2) is 50.3 Å². The first-order valence-electron chi connectivity index (χ1n) is 6.45. The lowest BCUT2D eigenvalue weighted by Crippen LogP contribution is -2.50. The lowest BCUT2D eigenvalue weighted by atomic mass is 10.3. The summed E-state index contributed by atoms with van der Waals surface area (Å²) in [6.45, 7) is 1.73. The van der Waals surface area contributed by atoms with E-state index in [4.69, 9.17) is 5.73 Å². The highest BCUT2D eigenvalue weighted by Gasteiger charge is 2.40. The van der Waals surface area contributed by atoms with E-state index < -0.39 is 25.2 Å². The summed E-state index contributed by atoms with van der Waals surface area (Å²) in [5.74, 6) is 0.778. The Hall–Kier alpha value is -0.770. The van der Waals surface area contributed by atoms with Crippen molar-refractivity contribution in [3.63, 3.8) is 0 Å². The van der Waals surface area contributed by atoms with Crippen molar-refractivity contribution >= 4 is 37.3 Å². The molecule has 1 aliphatic rings. The monoisotopic (exact) mass is 350 g/mol. The second kappa shape index (κ2) is 6.15. The molecule has 1 aromatic carbocycles. The highest BCUT2D eigenvalue weighted by molar-refractivity contribution is 8.01. The summed E-state index contributed by atoms with van der Waals surface area (Å²) < 4.78 is 50.8. The summed E-state index contributed by atoms with van der Waals surface area (Å²) in [6, 6.07) is 5.80. The molecule has 0 radical (unpaired) electrons. The maximum Gasteiger partial charge on any atom is 0.244 e. The number of benzene rings is 1. The van der Waals surface area contributed by atoms with Gasteiger partial charge in [0, 0.05) is 29.5 Å². The molecule has 1 saturated heterocycles. The van der Waals surface area contributed by atoms with Gasteiger partial charge in [-0.2, -0.15) is 16.1 Å². The number of anilines is 1. The minimum Gasteiger partial charge on any atom is -0.399 e. The van der Waals surface area contributed by atoms with Gasteiger partial charge >= 0.3 is 0 Å². The summed E-state index contributed by atoms with van der Waals surface area (Å²) >= 11 is 1.46. The van der Waals surface area contributed by atoms with E-state index in [1.807, 2.05) is 0 Å². The van der Waals surface area contributed by atoms with Crippen molar-refractivity contribution < 1.29 is 16.8 Å². The minimum absolute atomic E-state index is 0.0694. The molecule has 0 aliphatic carbocycles.